The molecule has 3 atom stereocenters. The van der Waals surface area contributed by atoms with E-state index in [2.05, 4.69) is 30.0 Å². The number of hydrogen-bond donors (Lipinski definition) is 1. The first kappa shape index (κ1) is 29.6. The van der Waals surface area contributed by atoms with Gasteiger partial charge in [-0.15, -0.1) is 0 Å². The van der Waals surface area contributed by atoms with Crippen molar-refractivity contribution >= 4 is 45.4 Å². The first-order chi connectivity index (χ1) is 22.4. The molecule has 0 unspecified atom stereocenters. The Morgan fingerprint density at radius 1 is 1.13 bits per heavy atom. The molecule has 242 valence electrons. The number of fused-ring (bicyclic) bond motifs is 8. The average Bonchev–Trinajstić information content (AvgIpc) is 3.68. The van der Waals surface area contributed by atoms with Gasteiger partial charge in [0.25, 0.3) is 0 Å². The van der Waals surface area contributed by atoms with Crippen molar-refractivity contribution in [1.29, 1.82) is 0 Å². The molecule has 4 aromatic rings. The predicted molar refractivity (Wildman–Crippen MR) is 166 cm³/mol. The van der Waals surface area contributed by atoms with E-state index in [1.54, 1.807) is 18.5 Å². The highest BCUT2D eigenvalue weighted by Crippen LogP contribution is 2.42. The fourth-order valence-corrected chi connectivity index (χ4v) is 8.09. The van der Waals surface area contributed by atoms with E-state index < -0.39 is 23.7 Å². The van der Waals surface area contributed by atoms with Crippen LogP contribution in [0.2, 0.25) is 5.02 Å². The number of pyridine rings is 1. The van der Waals surface area contributed by atoms with Crippen molar-refractivity contribution in [3.05, 3.63) is 34.9 Å². The number of aromatic amines is 1. The third kappa shape index (κ3) is 5.17. The van der Waals surface area contributed by atoms with Gasteiger partial charge in [0.2, 0.25) is 0 Å². The Morgan fingerprint density at radius 3 is 2.96 bits per heavy atom. The zero-order valence-corrected chi connectivity index (χ0v) is 26.0. The Bertz CT molecular complexity index is 1820. The summed E-state index contributed by atoms with van der Waals surface area (Å²) in [6.45, 7) is 2.77. The zero-order valence-electron chi connectivity index (χ0n) is 25.2. The molecule has 5 aliphatic rings. The Morgan fingerprint density at radius 2 is 2.04 bits per heavy atom. The van der Waals surface area contributed by atoms with Gasteiger partial charge in [-0.2, -0.15) is 15.1 Å². The van der Waals surface area contributed by atoms with Crippen LogP contribution in [0.4, 0.5) is 19.4 Å². The van der Waals surface area contributed by atoms with E-state index in [1.807, 2.05) is 0 Å². The van der Waals surface area contributed by atoms with Crippen molar-refractivity contribution in [3.8, 4) is 17.3 Å². The second-order valence-corrected chi connectivity index (χ2v) is 13.3. The minimum Gasteiger partial charge on any atom is -0.461 e. The summed E-state index contributed by atoms with van der Waals surface area (Å²) in [6.07, 6.45) is 6.55. The summed E-state index contributed by atoms with van der Waals surface area (Å²) in [6, 6.07) is 1.74. The van der Waals surface area contributed by atoms with Crippen LogP contribution in [0, 0.1) is 11.7 Å². The number of rotatable bonds is 3. The highest BCUT2D eigenvalue weighted by atomic mass is 35.5. The van der Waals surface area contributed by atoms with Crippen LogP contribution < -0.4 is 9.64 Å². The van der Waals surface area contributed by atoms with Crippen LogP contribution >= 0.6 is 11.6 Å². The smallest absolute Gasteiger partial charge is 0.461 e. The number of anilines is 1. The van der Waals surface area contributed by atoms with Gasteiger partial charge in [0, 0.05) is 60.6 Å². The molecule has 3 fully saturated rings. The van der Waals surface area contributed by atoms with E-state index in [0.29, 0.717) is 64.3 Å². The van der Waals surface area contributed by atoms with Crippen LogP contribution in [0.1, 0.15) is 44.1 Å². The number of carbonyl (C=O) groups excluding carboxylic acids is 1. The monoisotopic (exact) mass is 653 g/mol. The highest BCUT2D eigenvalue weighted by Gasteiger charge is 2.49. The predicted octanol–water partition coefficient (Wildman–Crippen LogP) is 5.63. The number of nitrogens with one attached hydrogen (secondary N) is 1. The number of nitrogens with zero attached hydrogens (tertiary/aromatic N) is 6. The van der Waals surface area contributed by atoms with Crippen LogP contribution in [0.15, 0.2) is 18.5 Å². The summed E-state index contributed by atoms with van der Waals surface area (Å²) < 4.78 is 48.7. The van der Waals surface area contributed by atoms with Crippen LogP contribution in [0.5, 0.6) is 6.01 Å². The fourth-order valence-electron chi connectivity index (χ4n) is 7.79. The van der Waals surface area contributed by atoms with E-state index >= 15 is 4.39 Å². The summed E-state index contributed by atoms with van der Waals surface area (Å²) in [5, 5.41) is 8.46. The lowest BCUT2D eigenvalue weighted by Gasteiger charge is -2.31. The number of hydrogen-bond acceptors (Lipinski definition) is 10. The number of alkyl halides is 1. The summed E-state index contributed by atoms with van der Waals surface area (Å²) in [5.74, 6) is -0.152. The van der Waals surface area contributed by atoms with Crippen molar-refractivity contribution in [2.24, 2.45) is 5.92 Å². The van der Waals surface area contributed by atoms with Gasteiger partial charge in [-0.1, -0.05) is 18.0 Å². The minimum atomic E-state index is -0.907. The Hall–Kier alpha value is -3.84. The molecule has 14 heteroatoms. The maximum absolute atomic E-state index is 17.0. The van der Waals surface area contributed by atoms with Gasteiger partial charge in [0.15, 0.2) is 5.82 Å². The lowest BCUT2D eigenvalue weighted by atomic mass is 9.95. The molecule has 0 spiro atoms. The van der Waals surface area contributed by atoms with Crippen LogP contribution in [0.3, 0.4) is 0 Å². The number of H-pyrrole nitrogens is 1. The highest BCUT2D eigenvalue weighted by molar-refractivity contribution is 6.33. The second kappa shape index (κ2) is 11.8. The van der Waals surface area contributed by atoms with E-state index in [9.17, 15) is 9.18 Å². The lowest BCUT2D eigenvalue weighted by molar-refractivity contribution is 0.0450. The van der Waals surface area contributed by atoms with E-state index in [1.165, 1.54) is 0 Å². The average molecular weight is 654 g/mol. The third-order valence-corrected chi connectivity index (χ3v) is 10.3. The molecule has 5 aliphatic heterocycles. The number of halogens is 3. The molecular formula is C32H34ClF2N7O4. The van der Waals surface area contributed by atoms with E-state index in [0.717, 1.165) is 38.6 Å². The van der Waals surface area contributed by atoms with Crippen LogP contribution in [-0.4, -0.2) is 93.9 Å². The molecule has 0 aliphatic carbocycles. The molecule has 46 heavy (non-hydrogen) atoms. The van der Waals surface area contributed by atoms with Crippen molar-refractivity contribution < 1.29 is 27.8 Å². The molecule has 1 N–H and O–H groups in total. The topological polar surface area (TPSA) is 119 Å². The first-order valence-electron chi connectivity index (χ1n) is 16.0. The third-order valence-electron chi connectivity index (χ3n) is 9.99. The molecule has 3 saturated heterocycles. The summed E-state index contributed by atoms with van der Waals surface area (Å²) in [5.41, 5.74) is 1.26. The van der Waals surface area contributed by atoms with Crippen LogP contribution in [0.25, 0.3) is 33.1 Å². The molecule has 0 radical (unpaired) electrons. The van der Waals surface area contributed by atoms with Crippen molar-refractivity contribution in [3.63, 3.8) is 0 Å². The van der Waals surface area contributed by atoms with Gasteiger partial charge in [-0.05, 0) is 43.9 Å². The van der Waals surface area contributed by atoms with Crippen molar-refractivity contribution in [1.82, 2.24) is 30.0 Å². The largest absolute Gasteiger partial charge is 0.508 e. The van der Waals surface area contributed by atoms with Gasteiger partial charge in [-0.25, -0.2) is 13.6 Å². The number of carbonyl (C=O) groups is 1. The molecule has 8 heterocycles. The molecular weight excluding hydrogens is 620 g/mol. The second-order valence-electron chi connectivity index (χ2n) is 12.9. The fraction of sp³-hybridized carbons (Fsp3) is 0.531. The molecule has 0 amide bonds. The maximum atomic E-state index is 17.0. The van der Waals surface area contributed by atoms with Crippen molar-refractivity contribution in [2.45, 2.75) is 56.7 Å². The molecule has 9 rings (SSSR count). The number of ether oxygens (including phenoxy) is 3. The van der Waals surface area contributed by atoms with Gasteiger partial charge in [-0.3, -0.25) is 15.0 Å². The Kier molecular flexibility index (Phi) is 7.55. The number of benzene rings is 1. The van der Waals surface area contributed by atoms with Crippen LogP contribution in [-0.2, 0) is 15.9 Å². The van der Waals surface area contributed by atoms with E-state index in [-0.39, 0.29) is 49.4 Å². The normalized spacial score (nSPS) is 25.5. The molecule has 1 aromatic carbocycles. The zero-order chi connectivity index (χ0) is 31.4. The molecule has 11 nitrogen and oxygen atoms in total. The quantitative estimate of drug-likeness (QED) is 0.279. The molecule has 0 saturated carbocycles. The van der Waals surface area contributed by atoms with Crippen molar-refractivity contribution in [2.75, 3.05) is 50.9 Å². The summed E-state index contributed by atoms with van der Waals surface area (Å²) in [4.78, 5) is 30.9. The Labute approximate surface area is 268 Å². The summed E-state index contributed by atoms with van der Waals surface area (Å²) in [7, 11) is 0. The Balaban J connectivity index is 1.29. The standard InChI is InChI=1S/C32H34ClF2N7O4/c33-23-10-24-21(13-37-40-24)25-20(23)5-9-44-31(43)45-16-18-4-1-2-7-41(14-18)29-22-12-36-28(25)26(35)27(22)38-30(39-29)46-17-32-6-3-8-42(32)15-19(34)11-32/h10,12-13,18-19H,1-9,11,14-17H2,(H,37,40)/t18-,19+,32-/m0/s1. The first-order valence-corrected chi connectivity index (χ1v) is 16.3. The SMILES string of the molecule is O=C1OCCc2c(Cl)cc3[nH]ncc3c2-c2ncc3c(nc(OC[C@@]45CCCN4C[C@H](F)C5)nc3c2F)N2CCCC[C@H](CO1)C2. The maximum Gasteiger partial charge on any atom is 0.508 e. The van der Waals surface area contributed by atoms with Gasteiger partial charge in [0.05, 0.1) is 35.9 Å². The molecule has 6 bridgehead atoms. The van der Waals surface area contributed by atoms with E-state index in [4.69, 9.17) is 30.8 Å². The van der Waals surface area contributed by atoms with Gasteiger partial charge in [0.1, 0.15) is 29.8 Å². The number of aromatic nitrogens is 5. The van der Waals surface area contributed by atoms with Gasteiger partial charge < -0.3 is 19.1 Å². The molecule has 3 aromatic heterocycles. The minimum absolute atomic E-state index is 0.00452. The lowest BCUT2D eigenvalue weighted by Crippen LogP contribution is -2.43. The van der Waals surface area contributed by atoms with Gasteiger partial charge >= 0.3 is 12.2 Å². The summed E-state index contributed by atoms with van der Waals surface area (Å²) >= 11 is 6.73.